The van der Waals surface area contributed by atoms with Crippen molar-refractivity contribution in [1.82, 2.24) is 10.2 Å². The maximum atomic E-state index is 13.9. The van der Waals surface area contributed by atoms with Crippen LogP contribution in [0.1, 0.15) is 36.0 Å². The fourth-order valence-electron chi connectivity index (χ4n) is 5.09. The lowest BCUT2D eigenvalue weighted by molar-refractivity contribution is -0.132. The number of carbonyl (C=O) groups excluding carboxylic acids is 2. The van der Waals surface area contributed by atoms with Gasteiger partial charge in [0.05, 0.1) is 11.4 Å². The molecule has 3 unspecified atom stereocenters. The molecule has 7 nitrogen and oxygen atoms in total. The van der Waals surface area contributed by atoms with Gasteiger partial charge >= 0.3 is 6.03 Å². The Hall–Kier alpha value is -3.19. The zero-order valence-electron chi connectivity index (χ0n) is 19.2. The van der Waals surface area contributed by atoms with Gasteiger partial charge in [0, 0.05) is 32.6 Å². The number of nitrogens with one attached hydrogen (secondary N) is 1. The van der Waals surface area contributed by atoms with Crippen molar-refractivity contribution in [2.24, 2.45) is 4.99 Å². The molecule has 3 aliphatic rings. The summed E-state index contributed by atoms with van der Waals surface area (Å²) >= 11 is 0. The van der Waals surface area contributed by atoms with Crippen molar-refractivity contribution in [3.63, 3.8) is 0 Å². The van der Waals surface area contributed by atoms with Gasteiger partial charge in [0.1, 0.15) is 0 Å². The number of anilines is 2. The molecule has 166 valence electrons. The van der Waals surface area contributed by atoms with E-state index in [0.29, 0.717) is 18.3 Å². The van der Waals surface area contributed by atoms with E-state index in [1.807, 2.05) is 37.1 Å². The number of rotatable bonds is 4. The molecule has 3 amide bonds. The molecular formula is C25H29N5O2. The molecule has 0 aromatic heterocycles. The fourth-order valence-corrected chi connectivity index (χ4v) is 5.09. The normalized spacial score (nSPS) is 26.7. The number of hydrogen-bond acceptors (Lipinski definition) is 5. The van der Waals surface area contributed by atoms with Crippen molar-refractivity contribution in [2.45, 2.75) is 44.8 Å². The molecule has 1 aliphatic carbocycles. The average molecular weight is 432 g/mol. The van der Waals surface area contributed by atoms with Crippen LogP contribution in [0.5, 0.6) is 0 Å². The Bertz CT molecular complexity index is 1140. The van der Waals surface area contributed by atoms with Crippen LogP contribution in [0.4, 0.5) is 16.2 Å². The van der Waals surface area contributed by atoms with E-state index in [4.69, 9.17) is 0 Å². The Morgan fingerprint density at radius 1 is 1.03 bits per heavy atom. The van der Waals surface area contributed by atoms with Crippen molar-refractivity contribution in [3.05, 3.63) is 59.2 Å². The van der Waals surface area contributed by atoms with Crippen molar-refractivity contribution < 1.29 is 9.59 Å². The van der Waals surface area contributed by atoms with E-state index in [1.54, 1.807) is 0 Å². The van der Waals surface area contributed by atoms with Gasteiger partial charge in [-0.2, -0.15) is 4.99 Å². The number of hydrogen-bond donors (Lipinski definition) is 1. The van der Waals surface area contributed by atoms with E-state index in [0.717, 1.165) is 33.8 Å². The number of nitrogens with zero attached hydrogens (tertiary/aromatic N) is 4. The first-order valence-electron chi connectivity index (χ1n) is 11.2. The summed E-state index contributed by atoms with van der Waals surface area (Å²) in [6, 6.07) is 14.2. The van der Waals surface area contributed by atoms with E-state index in [2.05, 4.69) is 53.3 Å². The van der Waals surface area contributed by atoms with Crippen LogP contribution in [0.25, 0.3) is 0 Å². The van der Waals surface area contributed by atoms with Gasteiger partial charge in [0.25, 0.3) is 5.91 Å². The molecule has 0 bridgehead atoms. The van der Waals surface area contributed by atoms with E-state index < -0.39 is 11.7 Å². The molecule has 2 aromatic rings. The number of aryl methyl sites for hydroxylation is 2. The van der Waals surface area contributed by atoms with Crippen LogP contribution < -0.4 is 15.1 Å². The summed E-state index contributed by atoms with van der Waals surface area (Å²) < 4.78 is 0. The number of fused-ring (bicyclic) bond motifs is 2. The molecule has 1 saturated carbocycles. The number of imide groups is 1. The highest BCUT2D eigenvalue weighted by Gasteiger charge is 2.61. The van der Waals surface area contributed by atoms with E-state index in [1.165, 1.54) is 12.6 Å². The van der Waals surface area contributed by atoms with Gasteiger partial charge in [-0.3, -0.25) is 15.0 Å². The SMILES string of the molecule is CCN1c2cc(C)c(C)cc2N(C)C2=NC(=O)N(C)C(=O)C21NC1CC1c1ccccc1. The number of urea groups is 1. The van der Waals surface area contributed by atoms with Crippen LogP contribution in [0, 0.1) is 13.8 Å². The third-order valence-electron chi connectivity index (χ3n) is 7.12. The molecule has 5 rings (SSSR count). The van der Waals surface area contributed by atoms with Gasteiger partial charge in [0.2, 0.25) is 5.66 Å². The quantitative estimate of drug-likeness (QED) is 0.804. The average Bonchev–Trinajstić information content (AvgIpc) is 3.55. The lowest BCUT2D eigenvalue weighted by Crippen LogP contribution is -2.79. The first kappa shape index (κ1) is 20.7. The highest BCUT2D eigenvalue weighted by Crippen LogP contribution is 2.47. The standard InChI is InChI=1S/C25H29N5O2/c1-6-30-21-13-16(3)15(2)12-20(21)28(4)22-25(30,23(31)29(5)24(32)26-22)27-19-14-18(19)17-10-8-7-9-11-17/h7-13,18-19,27H,6,14H2,1-5H3. The molecule has 3 atom stereocenters. The second-order valence-electron chi connectivity index (χ2n) is 9.02. The van der Waals surface area contributed by atoms with Gasteiger partial charge in [-0.05, 0) is 56.0 Å². The maximum Gasteiger partial charge on any atom is 0.351 e. The van der Waals surface area contributed by atoms with Crippen LogP contribution in [0.2, 0.25) is 0 Å². The van der Waals surface area contributed by atoms with Crippen molar-refractivity contribution in [2.75, 3.05) is 30.4 Å². The number of likely N-dealkylation sites (N-methyl/N-ethyl adjacent to an activating group) is 3. The number of aliphatic imine (C=N–C) groups is 1. The monoisotopic (exact) mass is 431 g/mol. The smallest absolute Gasteiger partial charge is 0.338 e. The molecule has 32 heavy (non-hydrogen) atoms. The Balaban J connectivity index is 1.65. The topological polar surface area (TPSA) is 68.2 Å². The minimum Gasteiger partial charge on any atom is -0.338 e. The first-order valence-corrected chi connectivity index (χ1v) is 11.2. The van der Waals surface area contributed by atoms with E-state index >= 15 is 0 Å². The molecular weight excluding hydrogens is 402 g/mol. The number of amides is 3. The highest BCUT2D eigenvalue weighted by atomic mass is 16.2. The summed E-state index contributed by atoms with van der Waals surface area (Å²) in [5.41, 5.74) is 4.27. The molecule has 1 fully saturated rings. The van der Waals surface area contributed by atoms with Crippen LogP contribution in [-0.4, -0.2) is 55.0 Å². The van der Waals surface area contributed by atoms with Crippen LogP contribution in [-0.2, 0) is 4.79 Å². The Kier molecular flexibility index (Phi) is 4.64. The molecule has 1 N–H and O–H groups in total. The summed E-state index contributed by atoms with van der Waals surface area (Å²) in [7, 11) is 3.41. The number of benzene rings is 2. The van der Waals surface area contributed by atoms with Crippen molar-refractivity contribution >= 4 is 29.1 Å². The van der Waals surface area contributed by atoms with Crippen LogP contribution in [0.3, 0.4) is 0 Å². The van der Waals surface area contributed by atoms with Gasteiger partial charge < -0.3 is 9.80 Å². The highest BCUT2D eigenvalue weighted by molar-refractivity contribution is 6.30. The van der Waals surface area contributed by atoms with Gasteiger partial charge in [-0.1, -0.05) is 30.3 Å². The molecule has 0 radical (unpaired) electrons. The minimum atomic E-state index is -1.23. The van der Waals surface area contributed by atoms with Crippen molar-refractivity contribution in [1.29, 1.82) is 0 Å². The summed E-state index contributed by atoms with van der Waals surface area (Å²) in [6.45, 7) is 6.78. The minimum absolute atomic E-state index is 0.115. The predicted octanol–water partition coefficient (Wildman–Crippen LogP) is 3.41. The van der Waals surface area contributed by atoms with Gasteiger partial charge in [-0.15, -0.1) is 0 Å². The summed E-state index contributed by atoms with van der Waals surface area (Å²) in [5.74, 6) is 0.485. The molecule has 7 heteroatoms. The van der Waals surface area contributed by atoms with E-state index in [-0.39, 0.29) is 11.9 Å². The Morgan fingerprint density at radius 3 is 2.34 bits per heavy atom. The summed E-state index contributed by atoms with van der Waals surface area (Å²) in [6.07, 6.45) is 0.936. The summed E-state index contributed by atoms with van der Waals surface area (Å²) in [5, 5.41) is 3.67. The van der Waals surface area contributed by atoms with E-state index in [9.17, 15) is 9.59 Å². The number of carbonyl (C=O) groups is 2. The third kappa shape index (κ3) is 2.80. The molecule has 0 spiro atoms. The second-order valence-corrected chi connectivity index (χ2v) is 9.02. The zero-order valence-corrected chi connectivity index (χ0v) is 19.2. The molecule has 2 aliphatic heterocycles. The predicted molar refractivity (Wildman–Crippen MR) is 126 cm³/mol. The van der Waals surface area contributed by atoms with Crippen LogP contribution in [0.15, 0.2) is 47.5 Å². The maximum absolute atomic E-state index is 13.9. The van der Waals surface area contributed by atoms with Crippen LogP contribution >= 0.6 is 0 Å². The second kappa shape index (κ2) is 7.17. The molecule has 0 saturated heterocycles. The van der Waals surface area contributed by atoms with Gasteiger partial charge in [-0.25, -0.2) is 4.79 Å². The largest absolute Gasteiger partial charge is 0.351 e. The Labute approximate surface area is 188 Å². The molecule has 2 heterocycles. The van der Waals surface area contributed by atoms with Crippen molar-refractivity contribution in [3.8, 4) is 0 Å². The number of amidine groups is 1. The lowest BCUT2D eigenvalue weighted by Gasteiger charge is -2.53. The molecule has 2 aromatic carbocycles. The lowest BCUT2D eigenvalue weighted by atomic mass is 9.93. The first-order chi connectivity index (χ1) is 15.3. The summed E-state index contributed by atoms with van der Waals surface area (Å²) in [4.78, 5) is 36.0. The fraction of sp³-hybridized carbons (Fsp3) is 0.400. The Morgan fingerprint density at radius 2 is 1.69 bits per heavy atom. The van der Waals surface area contributed by atoms with Gasteiger partial charge in [0.15, 0.2) is 5.84 Å². The third-order valence-corrected chi connectivity index (χ3v) is 7.12. The zero-order chi connectivity index (χ0) is 22.8.